The molecule has 0 bridgehead atoms. The van der Waals surface area contributed by atoms with Crippen molar-refractivity contribution in [3.8, 4) is 0 Å². The van der Waals surface area contributed by atoms with Gasteiger partial charge < -0.3 is 25.4 Å². The Labute approximate surface area is 186 Å². The number of halogens is 1. The molecule has 28 heavy (non-hydrogen) atoms. The van der Waals surface area contributed by atoms with Crippen LogP contribution >= 0.6 is 24.0 Å². The summed E-state index contributed by atoms with van der Waals surface area (Å²) in [5.41, 5.74) is 1.86. The molecule has 0 unspecified atom stereocenters. The van der Waals surface area contributed by atoms with Crippen LogP contribution in [0.25, 0.3) is 0 Å². The Hall–Kier alpha value is -1.55. The molecule has 1 rings (SSSR count). The number of hydrogen-bond acceptors (Lipinski definition) is 4. The number of amides is 1. The number of carbonyl (C=O) groups excluding carboxylic acids is 1. The molecule has 0 aliphatic heterocycles. The Morgan fingerprint density at radius 3 is 2.21 bits per heavy atom. The van der Waals surface area contributed by atoms with E-state index in [-0.39, 0.29) is 24.0 Å². The molecule has 0 heterocycles. The third-order valence-corrected chi connectivity index (χ3v) is 3.49. The van der Waals surface area contributed by atoms with E-state index in [1.807, 2.05) is 27.7 Å². The Balaban J connectivity index is 0.00000729. The topological polar surface area (TPSA) is 84.0 Å². The zero-order valence-electron chi connectivity index (χ0n) is 17.6. The third-order valence-electron chi connectivity index (χ3n) is 3.49. The van der Waals surface area contributed by atoms with Gasteiger partial charge in [-0.05, 0) is 45.2 Å². The highest BCUT2D eigenvalue weighted by atomic mass is 127. The maximum Gasteiger partial charge on any atom is 0.407 e. The minimum Gasteiger partial charge on any atom is -0.444 e. The Bertz CT molecular complexity index is 586. The molecule has 1 aromatic carbocycles. The fourth-order valence-corrected chi connectivity index (χ4v) is 2.18. The van der Waals surface area contributed by atoms with Gasteiger partial charge in [-0.25, -0.2) is 4.79 Å². The number of ether oxygens (including phenoxy) is 2. The number of guanidine groups is 1. The van der Waals surface area contributed by atoms with Gasteiger partial charge in [-0.15, -0.1) is 24.0 Å². The highest BCUT2D eigenvalue weighted by Crippen LogP contribution is 2.06. The van der Waals surface area contributed by atoms with E-state index < -0.39 is 11.7 Å². The van der Waals surface area contributed by atoms with Gasteiger partial charge in [-0.3, -0.25) is 4.99 Å². The summed E-state index contributed by atoms with van der Waals surface area (Å²) in [5, 5.41) is 9.24. The molecule has 0 atom stereocenters. The fourth-order valence-electron chi connectivity index (χ4n) is 2.18. The van der Waals surface area contributed by atoms with E-state index in [2.05, 4.69) is 45.2 Å². The molecule has 3 N–H and O–H groups in total. The first-order valence-corrected chi connectivity index (χ1v) is 9.41. The van der Waals surface area contributed by atoms with Crippen molar-refractivity contribution in [1.82, 2.24) is 16.0 Å². The number of carbonyl (C=O) groups is 1. The molecule has 1 aromatic rings. The molecule has 0 radical (unpaired) electrons. The summed E-state index contributed by atoms with van der Waals surface area (Å²) in [6, 6.07) is 8.31. The van der Waals surface area contributed by atoms with Crippen molar-refractivity contribution in [2.75, 3.05) is 26.7 Å². The number of benzene rings is 1. The number of rotatable bonds is 9. The number of nitrogens with one attached hydrogen (secondary N) is 3. The zero-order chi connectivity index (χ0) is 20.1. The van der Waals surface area contributed by atoms with Crippen molar-refractivity contribution >= 4 is 36.0 Å². The lowest BCUT2D eigenvalue weighted by atomic mass is 10.1. The van der Waals surface area contributed by atoms with Gasteiger partial charge in [0.1, 0.15) is 5.60 Å². The minimum atomic E-state index is -0.477. The standard InChI is InChI=1S/C20H34N4O3.HI/c1-6-26-15-17-10-8-16(9-11-17)14-24-18(21-5)22-12-7-13-23-19(25)27-20(2,3)4;/h8-11H,6-7,12-15H2,1-5H3,(H,23,25)(H2,21,22,24);1H. The third kappa shape index (κ3) is 12.8. The molecule has 8 heteroatoms. The van der Waals surface area contributed by atoms with Crippen LogP contribution in [0, 0.1) is 0 Å². The van der Waals surface area contributed by atoms with Crippen molar-refractivity contribution in [3.63, 3.8) is 0 Å². The second-order valence-electron chi connectivity index (χ2n) is 7.09. The molecule has 0 saturated carbocycles. The van der Waals surface area contributed by atoms with Crippen molar-refractivity contribution in [2.24, 2.45) is 4.99 Å². The van der Waals surface area contributed by atoms with Crippen molar-refractivity contribution in [2.45, 2.75) is 52.9 Å². The van der Waals surface area contributed by atoms with E-state index >= 15 is 0 Å². The van der Waals surface area contributed by atoms with Gasteiger partial charge in [0.25, 0.3) is 0 Å². The molecule has 0 spiro atoms. The predicted octanol–water partition coefficient (Wildman–Crippen LogP) is 3.42. The normalized spacial score (nSPS) is 11.4. The van der Waals surface area contributed by atoms with E-state index in [4.69, 9.17) is 9.47 Å². The molecular formula is C20H35IN4O3. The van der Waals surface area contributed by atoms with Gasteiger partial charge in [-0.2, -0.15) is 0 Å². The van der Waals surface area contributed by atoms with Crippen LogP contribution in [0.15, 0.2) is 29.3 Å². The first-order valence-electron chi connectivity index (χ1n) is 9.41. The summed E-state index contributed by atoms with van der Waals surface area (Å²) < 4.78 is 10.6. The molecule has 0 aromatic heterocycles. The van der Waals surface area contributed by atoms with Gasteiger partial charge in [0, 0.05) is 33.3 Å². The van der Waals surface area contributed by atoms with Crippen molar-refractivity contribution in [3.05, 3.63) is 35.4 Å². The van der Waals surface area contributed by atoms with Crippen LogP contribution in [0.1, 0.15) is 45.2 Å². The van der Waals surface area contributed by atoms with Crippen molar-refractivity contribution in [1.29, 1.82) is 0 Å². The van der Waals surface area contributed by atoms with Gasteiger partial charge in [0.05, 0.1) is 6.61 Å². The van der Waals surface area contributed by atoms with Crippen LogP contribution < -0.4 is 16.0 Å². The molecular weight excluding hydrogens is 471 g/mol. The summed E-state index contributed by atoms with van der Waals surface area (Å²) in [5.74, 6) is 0.727. The maximum absolute atomic E-state index is 11.6. The summed E-state index contributed by atoms with van der Waals surface area (Å²) >= 11 is 0. The Kier molecular flexibility index (Phi) is 13.6. The Morgan fingerprint density at radius 2 is 1.64 bits per heavy atom. The van der Waals surface area contributed by atoms with E-state index in [1.165, 1.54) is 11.1 Å². The van der Waals surface area contributed by atoms with Gasteiger partial charge >= 0.3 is 6.09 Å². The second-order valence-corrected chi connectivity index (χ2v) is 7.09. The zero-order valence-corrected chi connectivity index (χ0v) is 20.0. The monoisotopic (exact) mass is 506 g/mol. The molecule has 160 valence electrons. The first-order chi connectivity index (χ1) is 12.8. The van der Waals surface area contributed by atoms with Crippen LogP contribution in [0.4, 0.5) is 4.79 Å². The quantitative estimate of drug-likeness (QED) is 0.207. The van der Waals surface area contributed by atoms with Crippen LogP contribution in [0.5, 0.6) is 0 Å². The molecule has 0 saturated heterocycles. The summed E-state index contributed by atoms with van der Waals surface area (Å²) in [6.07, 6.45) is 0.379. The van der Waals surface area contributed by atoms with Crippen LogP contribution in [-0.2, 0) is 22.6 Å². The van der Waals surface area contributed by atoms with Crippen molar-refractivity contribution < 1.29 is 14.3 Å². The predicted molar refractivity (Wildman–Crippen MR) is 124 cm³/mol. The van der Waals surface area contributed by atoms with E-state index in [1.54, 1.807) is 7.05 Å². The Morgan fingerprint density at radius 1 is 1.04 bits per heavy atom. The number of alkyl carbamates (subject to hydrolysis) is 1. The lowest BCUT2D eigenvalue weighted by Crippen LogP contribution is -2.39. The SMILES string of the molecule is CCOCc1ccc(CNC(=NC)NCCCNC(=O)OC(C)(C)C)cc1.I. The summed E-state index contributed by atoms with van der Waals surface area (Å²) in [7, 11) is 1.74. The average Bonchev–Trinajstić information content (AvgIpc) is 2.61. The van der Waals surface area contributed by atoms with Crippen LogP contribution in [0.2, 0.25) is 0 Å². The van der Waals surface area contributed by atoms with E-state index in [0.29, 0.717) is 26.2 Å². The second kappa shape index (κ2) is 14.4. The maximum atomic E-state index is 11.6. The molecule has 0 aliphatic rings. The summed E-state index contributed by atoms with van der Waals surface area (Å²) in [4.78, 5) is 15.8. The fraction of sp³-hybridized carbons (Fsp3) is 0.600. The highest BCUT2D eigenvalue weighted by molar-refractivity contribution is 14.0. The largest absolute Gasteiger partial charge is 0.444 e. The lowest BCUT2D eigenvalue weighted by Gasteiger charge is -2.19. The van der Waals surface area contributed by atoms with Gasteiger partial charge in [-0.1, -0.05) is 24.3 Å². The number of aliphatic imine (C=N–C) groups is 1. The van der Waals surface area contributed by atoms with Gasteiger partial charge in [0.2, 0.25) is 0 Å². The smallest absolute Gasteiger partial charge is 0.407 e. The van der Waals surface area contributed by atoms with E-state index in [0.717, 1.165) is 19.0 Å². The van der Waals surface area contributed by atoms with Crippen LogP contribution in [-0.4, -0.2) is 44.4 Å². The van der Waals surface area contributed by atoms with E-state index in [9.17, 15) is 4.79 Å². The highest BCUT2D eigenvalue weighted by Gasteiger charge is 2.15. The first kappa shape index (κ1) is 26.4. The molecule has 0 fully saturated rings. The minimum absolute atomic E-state index is 0. The molecule has 7 nitrogen and oxygen atoms in total. The van der Waals surface area contributed by atoms with Crippen LogP contribution in [0.3, 0.4) is 0 Å². The van der Waals surface area contributed by atoms with Gasteiger partial charge in [0.15, 0.2) is 5.96 Å². The molecule has 1 amide bonds. The summed E-state index contributed by atoms with van der Waals surface area (Å²) in [6.45, 7) is 10.8. The molecule has 0 aliphatic carbocycles. The average molecular weight is 506 g/mol. The lowest BCUT2D eigenvalue weighted by molar-refractivity contribution is 0.0527. The number of hydrogen-bond donors (Lipinski definition) is 3. The number of nitrogens with zero attached hydrogens (tertiary/aromatic N) is 1.